The molecule has 1 amide bonds. The van der Waals surface area contributed by atoms with Crippen molar-refractivity contribution in [3.8, 4) is 0 Å². The second-order valence-corrected chi connectivity index (χ2v) is 6.04. The van der Waals surface area contributed by atoms with E-state index in [0.29, 0.717) is 27.5 Å². The van der Waals surface area contributed by atoms with E-state index in [1.807, 2.05) is 0 Å². The summed E-state index contributed by atoms with van der Waals surface area (Å²) in [4.78, 5) is 11.9. The summed E-state index contributed by atoms with van der Waals surface area (Å²) in [5, 5.41) is 3.48. The first-order valence-electron chi connectivity index (χ1n) is 5.45. The fourth-order valence-electron chi connectivity index (χ4n) is 1.58. The normalized spacial score (nSPS) is 16.6. The third-order valence-electron chi connectivity index (χ3n) is 2.77. The van der Waals surface area contributed by atoms with Crippen molar-refractivity contribution < 1.29 is 4.79 Å². The molecule has 0 saturated heterocycles. The van der Waals surface area contributed by atoms with Crippen LogP contribution < -0.4 is 5.32 Å². The van der Waals surface area contributed by atoms with Gasteiger partial charge in [0.25, 0.3) is 5.91 Å². The van der Waals surface area contributed by atoms with Gasteiger partial charge in [0.1, 0.15) is 0 Å². The van der Waals surface area contributed by atoms with Crippen molar-refractivity contribution in [1.82, 2.24) is 5.32 Å². The van der Waals surface area contributed by atoms with Gasteiger partial charge in [-0.2, -0.15) is 0 Å². The third kappa shape index (κ3) is 3.60. The summed E-state index contributed by atoms with van der Waals surface area (Å²) in [7, 11) is 0. The number of nitrogens with one attached hydrogen (secondary N) is 1. The van der Waals surface area contributed by atoms with Gasteiger partial charge in [-0.05, 0) is 52.9 Å². The number of hydrogen-bond acceptors (Lipinski definition) is 1. The third-order valence-corrected chi connectivity index (χ3v) is 4.17. The number of amides is 1. The van der Waals surface area contributed by atoms with E-state index >= 15 is 0 Å². The Labute approximate surface area is 119 Å². The van der Waals surface area contributed by atoms with Gasteiger partial charge in [0.2, 0.25) is 0 Å². The highest BCUT2D eigenvalue weighted by molar-refractivity contribution is 9.10. The monoisotopic (exact) mass is 335 g/mol. The molecule has 1 N–H and O–H groups in total. The zero-order chi connectivity index (χ0) is 12.4. The molecule has 0 radical (unpaired) electrons. The van der Waals surface area contributed by atoms with Gasteiger partial charge in [-0.3, -0.25) is 4.79 Å². The summed E-state index contributed by atoms with van der Waals surface area (Å²) in [6.45, 7) is 0.514. The Balaban J connectivity index is 1.94. The number of hydrogen-bond donors (Lipinski definition) is 1. The van der Waals surface area contributed by atoms with E-state index in [-0.39, 0.29) is 11.3 Å². The van der Waals surface area contributed by atoms with Crippen molar-refractivity contribution >= 4 is 45.0 Å². The molecule has 1 saturated carbocycles. The molecule has 1 atom stereocenters. The highest BCUT2D eigenvalue weighted by Gasteiger charge is 2.29. The number of carbonyl (C=O) groups excluding carboxylic acids is 1. The van der Waals surface area contributed by atoms with Crippen LogP contribution in [0.25, 0.3) is 0 Å². The molecule has 0 heterocycles. The van der Waals surface area contributed by atoms with Crippen LogP contribution in [-0.4, -0.2) is 17.8 Å². The first-order chi connectivity index (χ1) is 8.08. The maximum atomic E-state index is 11.9. The fourth-order valence-corrected chi connectivity index (χ4v) is 2.78. The average molecular weight is 337 g/mol. The molecule has 1 aromatic carbocycles. The molecule has 1 fully saturated rings. The van der Waals surface area contributed by atoms with Gasteiger partial charge in [0.15, 0.2) is 0 Å². The quantitative estimate of drug-likeness (QED) is 0.831. The zero-order valence-corrected chi connectivity index (χ0v) is 12.1. The molecule has 0 aliphatic heterocycles. The van der Waals surface area contributed by atoms with Crippen LogP contribution >= 0.6 is 39.1 Å². The van der Waals surface area contributed by atoms with Crippen molar-refractivity contribution in [3.05, 3.63) is 33.3 Å². The molecule has 1 aliphatic rings. The Morgan fingerprint density at radius 1 is 1.53 bits per heavy atom. The van der Waals surface area contributed by atoms with Crippen LogP contribution in [0.2, 0.25) is 5.02 Å². The molecule has 0 aromatic heterocycles. The number of carbonyl (C=O) groups is 1. The van der Waals surface area contributed by atoms with Crippen molar-refractivity contribution in [1.29, 1.82) is 0 Å². The Hall–Kier alpha value is -0.250. The number of benzene rings is 1. The summed E-state index contributed by atoms with van der Waals surface area (Å²) in [5.41, 5.74) is 0.578. The molecule has 1 unspecified atom stereocenters. The minimum absolute atomic E-state index is 0.0463. The minimum atomic E-state index is -0.125. The van der Waals surface area contributed by atoms with Gasteiger partial charge in [0.05, 0.1) is 10.9 Å². The van der Waals surface area contributed by atoms with Gasteiger partial charge < -0.3 is 5.32 Å². The Morgan fingerprint density at radius 3 is 2.82 bits per heavy atom. The highest BCUT2D eigenvalue weighted by atomic mass is 79.9. The first kappa shape index (κ1) is 13.2. The van der Waals surface area contributed by atoms with Crippen LogP contribution in [0.5, 0.6) is 0 Å². The smallest absolute Gasteiger partial charge is 0.252 e. The van der Waals surface area contributed by atoms with Gasteiger partial charge in [-0.15, -0.1) is 11.6 Å². The molecule has 92 valence electrons. The van der Waals surface area contributed by atoms with Gasteiger partial charge in [0, 0.05) is 16.0 Å². The van der Waals surface area contributed by atoms with Gasteiger partial charge >= 0.3 is 0 Å². The molecule has 2 nitrogen and oxygen atoms in total. The van der Waals surface area contributed by atoms with E-state index in [9.17, 15) is 4.79 Å². The lowest BCUT2D eigenvalue weighted by atomic mass is 10.2. The minimum Gasteiger partial charge on any atom is -0.351 e. The zero-order valence-electron chi connectivity index (χ0n) is 9.05. The summed E-state index contributed by atoms with van der Waals surface area (Å²) in [5.74, 6) is 0.450. The molecular formula is C12H12BrCl2NO. The van der Waals surface area contributed by atoms with E-state index in [2.05, 4.69) is 21.2 Å². The van der Waals surface area contributed by atoms with E-state index in [0.717, 1.165) is 0 Å². The summed E-state index contributed by atoms with van der Waals surface area (Å²) >= 11 is 15.3. The predicted octanol–water partition coefficient (Wildman–Crippen LogP) is 3.85. The van der Waals surface area contributed by atoms with Crippen LogP contribution in [0.15, 0.2) is 22.7 Å². The largest absolute Gasteiger partial charge is 0.351 e. The second kappa shape index (κ2) is 5.59. The van der Waals surface area contributed by atoms with Crippen LogP contribution in [0.4, 0.5) is 0 Å². The molecule has 0 spiro atoms. The lowest BCUT2D eigenvalue weighted by molar-refractivity contribution is 0.0952. The summed E-state index contributed by atoms with van der Waals surface area (Å²) in [6, 6.07) is 5.10. The Bertz CT molecular complexity index is 435. The van der Waals surface area contributed by atoms with Crippen molar-refractivity contribution in [2.24, 2.45) is 5.92 Å². The van der Waals surface area contributed by atoms with Crippen molar-refractivity contribution in [2.75, 3.05) is 6.54 Å². The maximum Gasteiger partial charge on any atom is 0.252 e. The number of alkyl halides is 1. The molecular weight excluding hydrogens is 325 g/mol. The van der Waals surface area contributed by atoms with E-state index < -0.39 is 0 Å². The summed E-state index contributed by atoms with van der Waals surface area (Å²) in [6.07, 6.45) is 2.35. The van der Waals surface area contributed by atoms with Crippen molar-refractivity contribution in [2.45, 2.75) is 18.2 Å². The predicted molar refractivity (Wildman–Crippen MR) is 73.9 cm³/mol. The molecule has 2 rings (SSSR count). The molecule has 5 heteroatoms. The Kier molecular flexibility index (Phi) is 4.34. The molecule has 17 heavy (non-hydrogen) atoms. The van der Waals surface area contributed by atoms with Crippen LogP contribution in [-0.2, 0) is 0 Å². The Morgan fingerprint density at radius 2 is 2.24 bits per heavy atom. The van der Waals surface area contributed by atoms with Gasteiger partial charge in [-0.25, -0.2) is 0 Å². The van der Waals surface area contributed by atoms with Gasteiger partial charge in [-0.1, -0.05) is 11.6 Å². The topological polar surface area (TPSA) is 29.1 Å². The summed E-state index contributed by atoms with van der Waals surface area (Å²) < 4.78 is 0.694. The maximum absolute atomic E-state index is 11.9. The first-order valence-corrected chi connectivity index (χ1v) is 7.06. The standard InChI is InChI=1S/C12H12BrCl2NO/c13-10-5-8(14)3-4-9(10)12(17)16-6-11(15)7-1-2-7/h3-5,7,11H,1-2,6H2,(H,16,17). The van der Waals surface area contributed by atoms with E-state index in [4.69, 9.17) is 23.2 Å². The second-order valence-electron chi connectivity index (χ2n) is 4.19. The molecule has 1 aliphatic carbocycles. The van der Waals surface area contributed by atoms with Crippen LogP contribution in [0.3, 0.4) is 0 Å². The van der Waals surface area contributed by atoms with Crippen LogP contribution in [0, 0.1) is 5.92 Å². The molecule has 0 bridgehead atoms. The molecule has 1 aromatic rings. The number of halogens is 3. The lowest BCUT2D eigenvalue weighted by Gasteiger charge is -2.10. The fraction of sp³-hybridized carbons (Fsp3) is 0.417. The highest BCUT2D eigenvalue weighted by Crippen LogP contribution is 2.35. The van der Waals surface area contributed by atoms with E-state index in [1.54, 1.807) is 18.2 Å². The average Bonchev–Trinajstić information content (AvgIpc) is 3.09. The van der Waals surface area contributed by atoms with Crippen LogP contribution in [0.1, 0.15) is 23.2 Å². The lowest BCUT2D eigenvalue weighted by Crippen LogP contribution is -2.30. The number of rotatable bonds is 4. The van der Waals surface area contributed by atoms with Crippen molar-refractivity contribution in [3.63, 3.8) is 0 Å². The SMILES string of the molecule is O=C(NCC(Cl)C1CC1)c1ccc(Cl)cc1Br. The van der Waals surface area contributed by atoms with E-state index in [1.165, 1.54) is 12.8 Å².